The van der Waals surface area contributed by atoms with Gasteiger partial charge in [-0.15, -0.1) is 10.2 Å². The summed E-state index contributed by atoms with van der Waals surface area (Å²) in [5.41, 5.74) is 1.06. The summed E-state index contributed by atoms with van der Waals surface area (Å²) in [5.74, 6) is 0.652. The van der Waals surface area contributed by atoms with Gasteiger partial charge in [-0.1, -0.05) is 18.2 Å². The van der Waals surface area contributed by atoms with E-state index in [1.54, 1.807) is 7.05 Å². The number of hydrogen-bond donors (Lipinski definition) is 0. The number of nitriles is 1. The Hall–Kier alpha value is -2.42. The van der Waals surface area contributed by atoms with Crippen LogP contribution in [0.15, 0.2) is 30.3 Å². The standard InChI is InChI=1S/C12H14N6/c1-17-15-12(14-16-17)10-18(9-5-8-13)11-6-3-2-4-7-11/h2-4,6-7H,5,9-10H2,1H3. The van der Waals surface area contributed by atoms with Crippen molar-refractivity contribution >= 4 is 5.69 Å². The third kappa shape index (κ3) is 3.04. The molecule has 0 bridgehead atoms. The topological polar surface area (TPSA) is 70.6 Å². The highest BCUT2D eigenvalue weighted by molar-refractivity contribution is 5.45. The molecule has 18 heavy (non-hydrogen) atoms. The zero-order valence-corrected chi connectivity index (χ0v) is 10.2. The van der Waals surface area contributed by atoms with Gasteiger partial charge in [-0.25, -0.2) is 0 Å². The molecule has 1 heterocycles. The van der Waals surface area contributed by atoms with Gasteiger partial charge >= 0.3 is 0 Å². The van der Waals surface area contributed by atoms with Gasteiger partial charge < -0.3 is 4.90 Å². The maximum absolute atomic E-state index is 8.71. The molecule has 1 aromatic heterocycles. The van der Waals surface area contributed by atoms with Crippen molar-refractivity contribution in [3.05, 3.63) is 36.2 Å². The lowest BCUT2D eigenvalue weighted by Gasteiger charge is -2.21. The zero-order valence-electron chi connectivity index (χ0n) is 10.2. The Balaban J connectivity index is 2.13. The number of nitrogens with zero attached hydrogens (tertiary/aromatic N) is 6. The molecule has 0 saturated heterocycles. The highest BCUT2D eigenvalue weighted by Gasteiger charge is 2.10. The van der Waals surface area contributed by atoms with Gasteiger partial charge in [0.1, 0.15) is 0 Å². The molecule has 6 nitrogen and oxygen atoms in total. The Morgan fingerprint density at radius 3 is 2.72 bits per heavy atom. The van der Waals surface area contributed by atoms with Crippen molar-refractivity contribution < 1.29 is 0 Å². The Morgan fingerprint density at radius 1 is 1.33 bits per heavy atom. The average molecular weight is 242 g/mol. The second kappa shape index (κ2) is 5.77. The second-order valence-electron chi connectivity index (χ2n) is 3.86. The molecule has 2 rings (SSSR count). The maximum atomic E-state index is 8.71. The van der Waals surface area contributed by atoms with Crippen molar-refractivity contribution in [3.63, 3.8) is 0 Å². The van der Waals surface area contributed by atoms with Crippen molar-refractivity contribution in [1.82, 2.24) is 20.2 Å². The van der Waals surface area contributed by atoms with Crippen LogP contribution in [0.1, 0.15) is 12.2 Å². The van der Waals surface area contributed by atoms with Crippen molar-refractivity contribution in [2.45, 2.75) is 13.0 Å². The predicted octanol–water partition coefficient (Wildman–Crippen LogP) is 1.13. The highest BCUT2D eigenvalue weighted by Crippen LogP contribution is 2.15. The minimum Gasteiger partial charge on any atom is -0.363 e. The Morgan fingerprint density at radius 2 is 2.11 bits per heavy atom. The van der Waals surface area contributed by atoms with Crippen LogP contribution in [0.4, 0.5) is 5.69 Å². The van der Waals surface area contributed by atoms with Gasteiger partial charge in [-0.05, 0) is 17.3 Å². The van der Waals surface area contributed by atoms with E-state index in [-0.39, 0.29) is 0 Å². The summed E-state index contributed by atoms with van der Waals surface area (Å²) in [6, 6.07) is 12.1. The van der Waals surface area contributed by atoms with Gasteiger partial charge in [0.2, 0.25) is 0 Å². The summed E-state index contributed by atoms with van der Waals surface area (Å²) < 4.78 is 0. The fraction of sp³-hybridized carbons (Fsp3) is 0.333. The first-order valence-electron chi connectivity index (χ1n) is 5.69. The Bertz CT molecular complexity index is 527. The number of para-hydroxylation sites is 1. The molecule has 0 spiro atoms. The predicted molar refractivity (Wildman–Crippen MR) is 66.5 cm³/mol. The molecule has 0 N–H and O–H groups in total. The van der Waals surface area contributed by atoms with Crippen LogP contribution in [-0.4, -0.2) is 26.8 Å². The van der Waals surface area contributed by atoms with Gasteiger partial charge in [0.05, 0.1) is 26.1 Å². The molecule has 92 valence electrons. The molecule has 0 aliphatic heterocycles. The van der Waals surface area contributed by atoms with E-state index in [2.05, 4.69) is 26.4 Å². The number of tetrazole rings is 1. The average Bonchev–Trinajstić information content (AvgIpc) is 2.81. The third-order valence-electron chi connectivity index (χ3n) is 2.50. The molecule has 1 aromatic carbocycles. The van der Waals surface area contributed by atoms with Crippen LogP contribution in [0.5, 0.6) is 0 Å². The minimum absolute atomic E-state index is 0.467. The molecular formula is C12H14N6. The Labute approximate surface area is 105 Å². The molecule has 0 atom stereocenters. The molecule has 6 heteroatoms. The summed E-state index contributed by atoms with van der Waals surface area (Å²) in [6.45, 7) is 1.21. The van der Waals surface area contributed by atoms with Crippen LogP contribution in [0, 0.1) is 11.3 Å². The van der Waals surface area contributed by atoms with E-state index in [1.165, 1.54) is 4.80 Å². The number of anilines is 1. The van der Waals surface area contributed by atoms with Gasteiger partial charge in [-0.2, -0.15) is 10.1 Å². The van der Waals surface area contributed by atoms with Gasteiger partial charge in [-0.3, -0.25) is 0 Å². The number of hydrogen-bond acceptors (Lipinski definition) is 5. The fourth-order valence-electron chi connectivity index (χ4n) is 1.68. The van der Waals surface area contributed by atoms with Crippen LogP contribution in [0.3, 0.4) is 0 Å². The number of aryl methyl sites for hydroxylation is 1. The summed E-state index contributed by atoms with van der Waals surface area (Å²) in [5, 5.41) is 20.6. The van der Waals surface area contributed by atoms with E-state index in [1.807, 2.05) is 30.3 Å². The normalized spacial score (nSPS) is 10.0. The first kappa shape index (κ1) is 12.0. The number of aromatic nitrogens is 4. The zero-order chi connectivity index (χ0) is 12.8. The van der Waals surface area contributed by atoms with E-state index in [4.69, 9.17) is 5.26 Å². The monoisotopic (exact) mass is 242 g/mol. The largest absolute Gasteiger partial charge is 0.363 e. The lowest BCUT2D eigenvalue weighted by molar-refractivity contribution is 0.626. The van der Waals surface area contributed by atoms with Crippen molar-refractivity contribution in [1.29, 1.82) is 5.26 Å². The Kier molecular flexibility index (Phi) is 3.86. The van der Waals surface area contributed by atoms with Crippen molar-refractivity contribution in [3.8, 4) is 6.07 Å². The molecule has 0 radical (unpaired) electrons. The van der Waals surface area contributed by atoms with E-state index < -0.39 is 0 Å². The number of benzene rings is 1. The van der Waals surface area contributed by atoms with E-state index in [0.29, 0.717) is 25.3 Å². The fourth-order valence-corrected chi connectivity index (χ4v) is 1.68. The summed E-state index contributed by atoms with van der Waals surface area (Å²) in [4.78, 5) is 3.50. The van der Waals surface area contributed by atoms with E-state index in [0.717, 1.165) is 5.69 Å². The van der Waals surface area contributed by atoms with Crippen LogP contribution >= 0.6 is 0 Å². The summed E-state index contributed by atoms with van der Waals surface area (Å²) in [6.07, 6.45) is 0.467. The molecule has 0 aliphatic rings. The lowest BCUT2D eigenvalue weighted by Crippen LogP contribution is -2.24. The highest BCUT2D eigenvalue weighted by atomic mass is 15.6. The minimum atomic E-state index is 0.467. The molecule has 0 fully saturated rings. The SMILES string of the molecule is Cn1nnc(CN(CCC#N)c2ccccc2)n1. The van der Waals surface area contributed by atoms with Crippen LogP contribution in [-0.2, 0) is 13.6 Å². The molecular weight excluding hydrogens is 228 g/mol. The second-order valence-corrected chi connectivity index (χ2v) is 3.86. The van der Waals surface area contributed by atoms with Crippen LogP contribution in [0.2, 0.25) is 0 Å². The van der Waals surface area contributed by atoms with E-state index in [9.17, 15) is 0 Å². The van der Waals surface area contributed by atoms with Gasteiger partial charge in [0.25, 0.3) is 0 Å². The quantitative estimate of drug-likeness (QED) is 0.786. The lowest BCUT2D eigenvalue weighted by atomic mass is 10.2. The van der Waals surface area contributed by atoms with Crippen molar-refractivity contribution in [2.75, 3.05) is 11.4 Å². The molecule has 2 aromatic rings. The smallest absolute Gasteiger partial charge is 0.193 e. The summed E-state index contributed by atoms with van der Waals surface area (Å²) >= 11 is 0. The summed E-state index contributed by atoms with van der Waals surface area (Å²) in [7, 11) is 1.73. The number of rotatable bonds is 5. The van der Waals surface area contributed by atoms with E-state index >= 15 is 0 Å². The van der Waals surface area contributed by atoms with Crippen LogP contribution in [0.25, 0.3) is 0 Å². The van der Waals surface area contributed by atoms with Gasteiger partial charge in [0.15, 0.2) is 5.82 Å². The molecule has 0 amide bonds. The molecule has 0 saturated carbocycles. The van der Waals surface area contributed by atoms with Crippen LogP contribution < -0.4 is 4.90 Å². The maximum Gasteiger partial charge on any atom is 0.193 e. The first-order valence-corrected chi connectivity index (χ1v) is 5.69. The molecule has 0 aliphatic carbocycles. The first-order chi connectivity index (χ1) is 8.79. The third-order valence-corrected chi connectivity index (χ3v) is 2.50. The van der Waals surface area contributed by atoms with Gasteiger partial charge in [0, 0.05) is 12.2 Å². The van der Waals surface area contributed by atoms with Crippen molar-refractivity contribution in [2.24, 2.45) is 7.05 Å². The molecule has 0 unspecified atom stereocenters.